The summed E-state index contributed by atoms with van der Waals surface area (Å²) in [4.78, 5) is 12.4. The summed E-state index contributed by atoms with van der Waals surface area (Å²) in [6.45, 7) is 4.23. The van der Waals surface area contributed by atoms with Crippen molar-refractivity contribution >= 4 is 5.91 Å². The number of carbonyl (C=O) groups excluding carboxylic acids is 1. The number of nitrogens with one attached hydrogen (secondary N) is 1. The number of benzene rings is 2. The Morgan fingerprint density at radius 2 is 1.94 bits per heavy atom. The third-order valence-corrected chi connectivity index (χ3v) is 5.05. The Hall–Kier alpha value is -3.87. The quantitative estimate of drug-likeness (QED) is 0.411. The average molecular weight is 433 g/mol. The molecule has 0 atom stereocenters. The molecule has 0 fully saturated rings. The normalized spacial score (nSPS) is 10.8. The summed E-state index contributed by atoms with van der Waals surface area (Å²) in [6, 6.07) is 17.3. The Morgan fingerprint density at radius 1 is 1.12 bits per heavy atom. The zero-order chi connectivity index (χ0) is 22.5. The molecule has 0 saturated heterocycles. The fourth-order valence-corrected chi connectivity index (χ4v) is 3.41. The summed E-state index contributed by atoms with van der Waals surface area (Å²) < 4.78 is 26.5. The lowest BCUT2D eigenvalue weighted by molar-refractivity contribution is -0.121. The molecule has 0 bridgehead atoms. The minimum Gasteiger partial charge on any atom is -0.467 e. The van der Waals surface area contributed by atoms with Gasteiger partial charge in [0.25, 0.3) is 0 Å². The van der Waals surface area contributed by atoms with Crippen LogP contribution in [0.1, 0.15) is 29.0 Å². The maximum atomic E-state index is 13.4. The van der Waals surface area contributed by atoms with Gasteiger partial charge in [-0.15, -0.1) is 0 Å². The van der Waals surface area contributed by atoms with Crippen molar-refractivity contribution in [1.82, 2.24) is 15.1 Å². The molecule has 7 heteroatoms. The zero-order valence-corrected chi connectivity index (χ0v) is 18.0. The molecule has 164 valence electrons. The second kappa shape index (κ2) is 9.51. The van der Waals surface area contributed by atoms with Crippen LogP contribution < -0.4 is 10.1 Å². The lowest BCUT2D eigenvalue weighted by Gasteiger charge is -2.12. The van der Waals surface area contributed by atoms with Crippen LogP contribution in [0.3, 0.4) is 0 Å². The second-order valence-corrected chi connectivity index (χ2v) is 7.53. The molecule has 2 aromatic heterocycles. The molecule has 0 unspecified atom stereocenters. The van der Waals surface area contributed by atoms with Gasteiger partial charge in [-0.05, 0) is 74.4 Å². The number of furan rings is 1. The van der Waals surface area contributed by atoms with E-state index in [4.69, 9.17) is 9.15 Å². The topological polar surface area (TPSA) is 69.3 Å². The van der Waals surface area contributed by atoms with Crippen molar-refractivity contribution < 1.29 is 18.3 Å². The molecule has 32 heavy (non-hydrogen) atoms. The number of hydrogen-bond acceptors (Lipinski definition) is 4. The van der Waals surface area contributed by atoms with Crippen molar-refractivity contribution in [2.45, 2.75) is 33.2 Å². The molecule has 0 aliphatic rings. The Balaban J connectivity index is 1.58. The van der Waals surface area contributed by atoms with Gasteiger partial charge < -0.3 is 14.5 Å². The number of halogens is 1. The van der Waals surface area contributed by atoms with Crippen LogP contribution in [0, 0.1) is 19.7 Å². The molecule has 0 aliphatic carbocycles. The van der Waals surface area contributed by atoms with Crippen molar-refractivity contribution in [1.29, 1.82) is 0 Å². The molecule has 2 aromatic carbocycles. The van der Waals surface area contributed by atoms with E-state index < -0.39 is 0 Å². The molecule has 1 amide bonds. The summed E-state index contributed by atoms with van der Waals surface area (Å²) in [5.74, 6) is 1.26. The number of nitrogens with zero attached hydrogens (tertiary/aromatic N) is 2. The van der Waals surface area contributed by atoms with Crippen molar-refractivity contribution in [3.05, 3.63) is 95.3 Å². The number of amides is 1. The fourth-order valence-electron chi connectivity index (χ4n) is 3.41. The van der Waals surface area contributed by atoms with Crippen molar-refractivity contribution in [3.63, 3.8) is 0 Å². The molecular weight excluding hydrogens is 409 g/mol. The molecule has 0 aliphatic heterocycles. The SMILES string of the molecule is Cc1cccc(-n2nc(C)c(CCC(=O)NCc3ccco3)c2Oc2ccc(F)cc2)c1. The van der Waals surface area contributed by atoms with E-state index in [1.54, 1.807) is 29.1 Å². The van der Waals surface area contributed by atoms with Gasteiger partial charge in [-0.2, -0.15) is 5.10 Å². The van der Waals surface area contributed by atoms with E-state index in [0.717, 1.165) is 22.5 Å². The average Bonchev–Trinajstić information content (AvgIpc) is 3.40. The summed E-state index contributed by atoms with van der Waals surface area (Å²) in [5, 5.41) is 7.52. The molecule has 1 N–H and O–H groups in total. The van der Waals surface area contributed by atoms with Gasteiger partial charge in [-0.25, -0.2) is 9.07 Å². The standard InChI is InChI=1S/C25H24FN3O3/c1-17-5-3-6-20(15-17)29-25(32-21-10-8-19(26)9-11-21)23(18(2)28-29)12-13-24(30)27-16-22-7-4-14-31-22/h3-11,14-15H,12-13,16H2,1-2H3,(H,27,30). The number of ether oxygens (including phenoxy) is 1. The first-order valence-electron chi connectivity index (χ1n) is 10.4. The Bertz CT molecular complexity index is 1200. The van der Waals surface area contributed by atoms with E-state index in [1.165, 1.54) is 12.1 Å². The summed E-state index contributed by atoms with van der Waals surface area (Å²) in [7, 11) is 0. The van der Waals surface area contributed by atoms with Crippen molar-refractivity contribution in [3.8, 4) is 17.3 Å². The summed E-state index contributed by atoms with van der Waals surface area (Å²) in [6.07, 6.45) is 2.28. The van der Waals surface area contributed by atoms with Gasteiger partial charge in [-0.3, -0.25) is 4.79 Å². The minimum absolute atomic E-state index is 0.100. The largest absolute Gasteiger partial charge is 0.467 e. The molecule has 4 aromatic rings. The van der Waals surface area contributed by atoms with Gasteiger partial charge in [0, 0.05) is 12.0 Å². The molecule has 0 saturated carbocycles. The zero-order valence-electron chi connectivity index (χ0n) is 18.0. The third kappa shape index (κ3) is 5.06. The predicted octanol–water partition coefficient (Wildman–Crippen LogP) is 5.26. The van der Waals surface area contributed by atoms with E-state index in [-0.39, 0.29) is 18.1 Å². The van der Waals surface area contributed by atoms with Crippen LogP contribution in [0.25, 0.3) is 5.69 Å². The van der Waals surface area contributed by atoms with Crippen LogP contribution in [0.5, 0.6) is 11.6 Å². The molecule has 2 heterocycles. The number of aromatic nitrogens is 2. The van der Waals surface area contributed by atoms with Crippen molar-refractivity contribution in [2.24, 2.45) is 0 Å². The summed E-state index contributed by atoms with van der Waals surface area (Å²) >= 11 is 0. The number of carbonyl (C=O) groups is 1. The highest BCUT2D eigenvalue weighted by molar-refractivity contribution is 5.76. The number of aryl methyl sites for hydroxylation is 2. The van der Waals surface area contributed by atoms with Gasteiger partial charge in [-0.1, -0.05) is 12.1 Å². The molecule has 0 spiro atoms. The molecule has 4 rings (SSSR count). The van der Waals surface area contributed by atoms with Crippen molar-refractivity contribution in [2.75, 3.05) is 0 Å². The molecule has 0 radical (unpaired) electrons. The third-order valence-electron chi connectivity index (χ3n) is 5.05. The monoisotopic (exact) mass is 433 g/mol. The van der Waals surface area contributed by atoms with E-state index >= 15 is 0 Å². The van der Waals surface area contributed by atoms with Gasteiger partial charge >= 0.3 is 0 Å². The van der Waals surface area contributed by atoms with Crippen LogP contribution in [-0.4, -0.2) is 15.7 Å². The lowest BCUT2D eigenvalue weighted by Crippen LogP contribution is -2.22. The second-order valence-electron chi connectivity index (χ2n) is 7.53. The van der Waals surface area contributed by atoms with E-state index in [9.17, 15) is 9.18 Å². The maximum Gasteiger partial charge on any atom is 0.226 e. The maximum absolute atomic E-state index is 13.4. The van der Waals surface area contributed by atoms with Crippen LogP contribution in [-0.2, 0) is 17.8 Å². The Morgan fingerprint density at radius 3 is 2.66 bits per heavy atom. The first-order valence-corrected chi connectivity index (χ1v) is 10.4. The van der Waals surface area contributed by atoms with E-state index in [0.29, 0.717) is 30.4 Å². The highest BCUT2D eigenvalue weighted by atomic mass is 19.1. The summed E-state index contributed by atoms with van der Waals surface area (Å²) in [5.41, 5.74) is 3.52. The Kier molecular flexibility index (Phi) is 6.35. The number of rotatable bonds is 8. The predicted molar refractivity (Wildman–Crippen MR) is 118 cm³/mol. The molecular formula is C25H24FN3O3. The minimum atomic E-state index is -0.339. The number of hydrogen-bond donors (Lipinski definition) is 1. The van der Waals surface area contributed by atoms with Gasteiger partial charge in [0.15, 0.2) is 0 Å². The van der Waals surface area contributed by atoms with Gasteiger partial charge in [0.05, 0.1) is 24.2 Å². The van der Waals surface area contributed by atoms with Gasteiger partial charge in [0.1, 0.15) is 17.3 Å². The lowest BCUT2D eigenvalue weighted by atomic mass is 10.1. The molecule has 6 nitrogen and oxygen atoms in total. The van der Waals surface area contributed by atoms with E-state index in [1.807, 2.05) is 44.2 Å². The highest BCUT2D eigenvalue weighted by Crippen LogP contribution is 2.31. The smallest absolute Gasteiger partial charge is 0.226 e. The van der Waals surface area contributed by atoms with Crippen LogP contribution in [0.4, 0.5) is 4.39 Å². The van der Waals surface area contributed by atoms with Crippen LogP contribution in [0.2, 0.25) is 0 Å². The first kappa shape index (κ1) is 21.4. The van der Waals surface area contributed by atoms with E-state index in [2.05, 4.69) is 10.4 Å². The highest BCUT2D eigenvalue weighted by Gasteiger charge is 2.20. The fraction of sp³-hybridized carbons (Fsp3) is 0.200. The van der Waals surface area contributed by atoms with Crippen LogP contribution in [0.15, 0.2) is 71.3 Å². The first-order chi connectivity index (χ1) is 15.5. The van der Waals surface area contributed by atoms with Gasteiger partial charge in [0.2, 0.25) is 11.8 Å². The van der Waals surface area contributed by atoms with Crippen LogP contribution >= 0.6 is 0 Å². The Labute approximate surface area is 185 Å².